The van der Waals surface area contributed by atoms with E-state index >= 15 is 0 Å². The Morgan fingerprint density at radius 2 is 1.80 bits per heavy atom. The molecule has 0 spiro atoms. The van der Waals surface area contributed by atoms with Crippen LogP contribution in [0.3, 0.4) is 0 Å². The maximum absolute atomic E-state index is 12.8. The average molecular weight is 338 g/mol. The van der Waals surface area contributed by atoms with Crippen molar-refractivity contribution in [3.05, 3.63) is 58.9 Å². The van der Waals surface area contributed by atoms with Gasteiger partial charge < -0.3 is 9.64 Å². The minimum Gasteiger partial charge on any atom is -0.488 e. The van der Waals surface area contributed by atoms with Crippen LogP contribution in [0.1, 0.15) is 52.7 Å². The molecule has 1 amide bonds. The number of aryl methyl sites for hydroxylation is 2. The standard InChI is InChI=1S/C21H26N2O2/c1-16-12-19(21(24)23-10-5-3-4-6-11-23)13-17(2)20(16)25-15-18-8-7-9-22-14-18/h7-9,12-14H,3-6,10-11,15H2,1-2H3. The molecule has 0 bridgehead atoms. The number of rotatable bonds is 4. The van der Waals surface area contributed by atoms with Crippen LogP contribution in [0.5, 0.6) is 5.75 Å². The maximum atomic E-state index is 12.8. The highest BCUT2D eigenvalue weighted by molar-refractivity contribution is 5.95. The fourth-order valence-electron chi connectivity index (χ4n) is 3.40. The largest absolute Gasteiger partial charge is 0.488 e. The van der Waals surface area contributed by atoms with Gasteiger partial charge >= 0.3 is 0 Å². The second-order valence-corrected chi connectivity index (χ2v) is 6.80. The molecule has 0 radical (unpaired) electrons. The van der Waals surface area contributed by atoms with Crippen molar-refractivity contribution in [2.75, 3.05) is 13.1 Å². The van der Waals surface area contributed by atoms with Crippen molar-refractivity contribution in [3.8, 4) is 5.75 Å². The van der Waals surface area contributed by atoms with E-state index in [0.29, 0.717) is 6.61 Å². The molecule has 0 atom stereocenters. The van der Waals surface area contributed by atoms with Crippen LogP contribution in [-0.4, -0.2) is 28.9 Å². The molecule has 1 fully saturated rings. The molecule has 4 heteroatoms. The zero-order valence-electron chi connectivity index (χ0n) is 15.1. The van der Waals surface area contributed by atoms with Gasteiger partial charge in [0.1, 0.15) is 12.4 Å². The third-order valence-corrected chi connectivity index (χ3v) is 4.71. The second-order valence-electron chi connectivity index (χ2n) is 6.80. The molecule has 2 aromatic rings. The third-order valence-electron chi connectivity index (χ3n) is 4.71. The zero-order chi connectivity index (χ0) is 17.6. The maximum Gasteiger partial charge on any atom is 0.253 e. The Morgan fingerprint density at radius 3 is 2.40 bits per heavy atom. The van der Waals surface area contributed by atoms with E-state index in [1.165, 1.54) is 12.8 Å². The van der Waals surface area contributed by atoms with Crippen LogP contribution in [-0.2, 0) is 6.61 Å². The summed E-state index contributed by atoms with van der Waals surface area (Å²) < 4.78 is 5.99. The molecule has 25 heavy (non-hydrogen) atoms. The van der Waals surface area contributed by atoms with E-state index in [1.54, 1.807) is 6.20 Å². The van der Waals surface area contributed by atoms with Crippen LogP contribution in [0.15, 0.2) is 36.7 Å². The van der Waals surface area contributed by atoms with Crippen molar-refractivity contribution in [3.63, 3.8) is 0 Å². The summed E-state index contributed by atoms with van der Waals surface area (Å²) in [6.07, 6.45) is 8.23. The molecule has 0 unspecified atom stereocenters. The number of carbonyl (C=O) groups excluding carboxylic acids is 1. The summed E-state index contributed by atoms with van der Waals surface area (Å²) in [6.45, 7) is 6.23. The first-order chi connectivity index (χ1) is 12.1. The quantitative estimate of drug-likeness (QED) is 0.835. The number of likely N-dealkylation sites (tertiary alicyclic amines) is 1. The van der Waals surface area contributed by atoms with Gasteiger partial charge in [-0.3, -0.25) is 9.78 Å². The Balaban J connectivity index is 1.74. The minimum absolute atomic E-state index is 0.145. The zero-order valence-corrected chi connectivity index (χ0v) is 15.1. The normalized spacial score (nSPS) is 14.9. The summed E-state index contributed by atoms with van der Waals surface area (Å²) in [6, 6.07) is 7.81. The topological polar surface area (TPSA) is 42.4 Å². The summed E-state index contributed by atoms with van der Waals surface area (Å²) in [5.74, 6) is 1.00. The van der Waals surface area contributed by atoms with E-state index < -0.39 is 0 Å². The van der Waals surface area contributed by atoms with Gasteiger partial charge in [-0.1, -0.05) is 18.9 Å². The van der Waals surface area contributed by atoms with Gasteiger partial charge in [0, 0.05) is 36.6 Å². The van der Waals surface area contributed by atoms with Crippen LogP contribution < -0.4 is 4.74 Å². The first kappa shape index (κ1) is 17.5. The van der Waals surface area contributed by atoms with Crippen molar-refractivity contribution in [1.82, 2.24) is 9.88 Å². The van der Waals surface area contributed by atoms with Crippen LogP contribution in [0, 0.1) is 13.8 Å². The molecule has 1 aliphatic rings. The fourth-order valence-corrected chi connectivity index (χ4v) is 3.40. The van der Waals surface area contributed by atoms with Gasteiger partial charge in [-0.15, -0.1) is 0 Å². The number of pyridine rings is 1. The number of aromatic nitrogens is 1. The van der Waals surface area contributed by atoms with Gasteiger partial charge in [0.15, 0.2) is 0 Å². The molecule has 0 saturated carbocycles. The average Bonchev–Trinajstić information content (AvgIpc) is 2.90. The smallest absolute Gasteiger partial charge is 0.253 e. The van der Waals surface area contributed by atoms with E-state index in [1.807, 2.05) is 49.2 Å². The van der Waals surface area contributed by atoms with Crippen LogP contribution in [0.4, 0.5) is 0 Å². The van der Waals surface area contributed by atoms with Crippen molar-refractivity contribution in [1.29, 1.82) is 0 Å². The lowest BCUT2D eigenvalue weighted by atomic mass is 10.0. The Bertz CT molecular complexity index is 697. The molecule has 1 aromatic heterocycles. The minimum atomic E-state index is 0.145. The van der Waals surface area contributed by atoms with Gasteiger partial charge in [-0.25, -0.2) is 0 Å². The lowest BCUT2D eigenvalue weighted by molar-refractivity contribution is 0.0761. The molecule has 1 aromatic carbocycles. The highest BCUT2D eigenvalue weighted by atomic mass is 16.5. The van der Waals surface area contributed by atoms with Crippen molar-refractivity contribution in [2.24, 2.45) is 0 Å². The molecular formula is C21H26N2O2. The first-order valence-corrected chi connectivity index (χ1v) is 9.07. The molecule has 2 heterocycles. The Morgan fingerprint density at radius 1 is 1.12 bits per heavy atom. The summed E-state index contributed by atoms with van der Waals surface area (Å²) in [5.41, 5.74) is 3.81. The van der Waals surface area contributed by atoms with Gasteiger partial charge in [0.2, 0.25) is 0 Å². The number of ether oxygens (including phenoxy) is 1. The van der Waals surface area contributed by atoms with Gasteiger partial charge in [-0.2, -0.15) is 0 Å². The number of benzene rings is 1. The van der Waals surface area contributed by atoms with Crippen LogP contribution in [0.25, 0.3) is 0 Å². The monoisotopic (exact) mass is 338 g/mol. The van der Waals surface area contributed by atoms with Crippen molar-refractivity contribution >= 4 is 5.91 Å². The molecule has 3 rings (SSSR count). The van der Waals surface area contributed by atoms with E-state index in [0.717, 1.165) is 53.9 Å². The predicted molar refractivity (Wildman–Crippen MR) is 98.9 cm³/mol. The Kier molecular flexibility index (Phi) is 5.69. The molecule has 0 aliphatic carbocycles. The molecule has 1 aliphatic heterocycles. The Hall–Kier alpha value is -2.36. The molecule has 132 valence electrons. The number of hydrogen-bond acceptors (Lipinski definition) is 3. The predicted octanol–water partition coefficient (Wildman–Crippen LogP) is 4.29. The van der Waals surface area contributed by atoms with Gasteiger partial charge in [-0.05, 0) is 56.0 Å². The number of nitrogens with zero attached hydrogens (tertiary/aromatic N) is 2. The number of hydrogen-bond donors (Lipinski definition) is 0. The van der Waals surface area contributed by atoms with E-state index in [4.69, 9.17) is 4.74 Å². The highest BCUT2D eigenvalue weighted by Gasteiger charge is 2.19. The number of amides is 1. The van der Waals surface area contributed by atoms with Crippen molar-refractivity contribution < 1.29 is 9.53 Å². The fraction of sp³-hybridized carbons (Fsp3) is 0.429. The van der Waals surface area contributed by atoms with Gasteiger partial charge in [0.05, 0.1) is 0 Å². The van der Waals surface area contributed by atoms with Gasteiger partial charge in [0.25, 0.3) is 5.91 Å². The highest BCUT2D eigenvalue weighted by Crippen LogP contribution is 2.27. The van der Waals surface area contributed by atoms with Crippen LogP contribution >= 0.6 is 0 Å². The molecule has 0 N–H and O–H groups in total. The first-order valence-electron chi connectivity index (χ1n) is 9.07. The Labute approximate surface area is 149 Å². The third kappa shape index (κ3) is 4.38. The second kappa shape index (κ2) is 8.15. The van der Waals surface area contributed by atoms with Crippen molar-refractivity contribution in [2.45, 2.75) is 46.1 Å². The van der Waals surface area contributed by atoms with E-state index in [2.05, 4.69) is 4.98 Å². The summed E-state index contributed by atoms with van der Waals surface area (Å²) in [7, 11) is 0. The SMILES string of the molecule is Cc1cc(C(=O)N2CCCCCC2)cc(C)c1OCc1cccnc1. The molecule has 4 nitrogen and oxygen atoms in total. The molecular weight excluding hydrogens is 312 g/mol. The van der Waals surface area contributed by atoms with E-state index in [9.17, 15) is 4.79 Å². The van der Waals surface area contributed by atoms with Crippen LogP contribution in [0.2, 0.25) is 0 Å². The summed E-state index contributed by atoms with van der Waals surface area (Å²) in [5, 5.41) is 0. The number of carbonyl (C=O) groups is 1. The molecule has 1 saturated heterocycles. The van der Waals surface area contributed by atoms with E-state index in [-0.39, 0.29) is 5.91 Å². The summed E-state index contributed by atoms with van der Waals surface area (Å²) in [4.78, 5) is 18.9. The lowest BCUT2D eigenvalue weighted by Crippen LogP contribution is -2.31. The lowest BCUT2D eigenvalue weighted by Gasteiger charge is -2.21. The summed E-state index contributed by atoms with van der Waals surface area (Å²) >= 11 is 0.